The molecule has 3 aromatic heterocycles. The van der Waals surface area contributed by atoms with Gasteiger partial charge in [0.15, 0.2) is 5.16 Å². The smallest absolute Gasteiger partial charge is 0.263 e. The molecule has 1 atom stereocenters. The van der Waals surface area contributed by atoms with Crippen molar-refractivity contribution >= 4 is 45.2 Å². The molecule has 0 saturated carbocycles. The number of nitrogen functional groups attached to an aromatic ring is 2. The predicted octanol–water partition coefficient (Wildman–Crippen LogP) is 3.47. The first-order chi connectivity index (χ1) is 16.0. The molecule has 8 nitrogen and oxygen atoms in total. The normalized spacial score (nSPS) is 15.6. The predicted molar refractivity (Wildman–Crippen MR) is 133 cm³/mol. The highest BCUT2D eigenvalue weighted by molar-refractivity contribution is 7.98. The van der Waals surface area contributed by atoms with E-state index in [4.69, 9.17) is 16.5 Å². The van der Waals surface area contributed by atoms with E-state index in [1.807, 2.05) is 18.2 Å². The van der Waals surface area contributed by atoms with Crippen LogP contribution in [0, 0.1) is 5.92 Å². The molecule has 4 aromatic rings. The summed E-state index contributed by atoms with van der Waals surface area (Å²) >= 11 is 3.09. The molecular weight excluding hydrogens is 454 g/mol. The lowest BCUT2D eigenvalue weighted by molar-refractivity contribution is 0.508. The van der Waals surface area contributed by atoms with Gasteiger partial charge in [0.2, 0.25) is 11.9 Å². The zero-order chi connectivity index (χ0) is 22.9. The van der Waals surface area contributed by atoms with Gasteiger partial charge in [0.05, 0.1) is 11.1 Å². The monoisotopic (exact) mass is 479 g/mol. The number of rotatable bonds is 6. The maximum absolute atomic E-state index is 13.7. The molecule has 0 aliphatic heterocycles. The quantitative estimate of drug-likeness (QED) is 0.318. The molecule has 33 heavy (non-hydrogen) atoms. The lowest BCUT2D eigenvalue weighted by Crippen LogP contribution is -2.25. The van der Waals surface area contributed by atoms with E-state index in [-0.39, 0.29) is 17.5 Å². The van der Waals surface area contributed by atoms with Gasteiger partial charge < -0.3 is 11.5 Å². The molecule has 0 saturated heterocycles. The van der Waals surface area contributed by atoms with Crippen LogP contribution in [0.5, 0.6) is 0 Å². The maximum Gasteiger partial charge on any atom is 0.263 e. The molecule has 1 aromatic carbocycles. The molecule has 1 aliphatic rings. The van der Waals surface area contributed by atoms with Gasteiger partial charge >= 0.3 is 0 Å². The van der Waals surface area contributed by atoms with Crippen LogP contribution >= 0.6 is 23.1 Å². The number of aromatic nitrogens is 5. The van der Waals surface area contributed by atoms with Crippen LogP contribution in [-0.4, -0.2) is 24.5 Å². The van der Waals surface area contributed by atoms with Crippen molar-refractivity contribution in [3.63, 3.8) is 0 Å². The van der Waals surface area contributed by atoms with E-state index in [2.05, 4.69) is 34.0 Å². The molecule has 0 radical (unpaired) electrons. The first-order valence-electron chi connectivity index (χ1n) is 11.0. The topological polar surface area (TPSA) is 126 Å². The summed E-state index contributed by atoms with van der Waals surface area (Å²) in [5.41, 5.74) is 13.9. The van der Waals surface area contributed by atoms with Gasteiger partial charge in [0, 0.05) is 11.4 Å². The van der Waals surface area contributed by atoms with Crippen LogP contribution in [0.25, 0.3) is 10.2 Å². The van der Waals surface area contributed by atoms with E-state index in [0.717, 1.165) is 35.9 Å². The van der Waals surface area contributed by atoms with Gasteiger partial charge in [-0.1, -0.05) is 49.0 Å². The fraction of sp³-hybridized carbons (Fsp3) is 0.348. The van der Waals surface area contributed by atoms with Gasteiger partial charge in [-0.15, -0.1) is 11.3 Å². The zero-order valence-corrected chi connectivity index (χ0v) is 20.0. The van der Waals surface area contributed by atoms with Crippen molar-refractivity contribution in [3.8, 4) is 0 Å². The molecule has 10 heteroatoms. The van der Waals surface area contributed by atoms with Crippen LogP contribution in [0.2, 0.25) is 0 Å². The summed E-state index contributed by atoms with van der Waals surface area (Å²) in [4.78, 5) is 33.0. The Labute approximate surface area is 199 Å². The number of thiophene rings is 1. The van der Waals surface area contributed by atoms with Crippen LogP contribution in [0.3, 0.4) is 0 Å². The molecule has 0 bridgehead atoms. The Morgan fingerprint density at radius 3 is 2.64 bits per heavy atom. The first kappa shape index (κ1) is 21.8. The molecule has 1 aliphatic carbocycles. The molecule has 0 spiro atoms. The molecule has 0 amide bonds. The number of benzene rings is 1. The number of nitrogens with zero attached hydrogens (tertiary/aromatic N) is 5. The van der Waals surface area contributed by atoms with Gasteiger partial charge in [0.25, 0.3) is 5.56 Å². The lowest BCUT2D eigenvalue weighted by atomic mass is 9.89. The summed E-state index contributed by atoms with van der Waals surface area (Å²) in [7, 11) is 0. The van der Waals surface area contributed by atoms with Crippen molar-refractivity contribution in [2.45, 2.75) is 50.1 Å². The third kappa shape index (κ3) is 4.58. The Hall–Kier alpha value is -2.98. The van der Waals surface area contributed by atoms with Crippen LogP contribution < -0.4 is 17.0 Å². The number of nitrogens with two attached hydrogens (primary N) is 2. The molecule has 0 fully saturated rings. The molecular formula is C23H25N7OS2. The van der Waals surface area contributed by atoms with Crippen LogP contribution in [-0.2, 0) is 31.6 Å². The SMILES string of the molecule is CC1CCc2c(sc3nc(SCc4nc(N)nc(N)n4)n(CCc4ccccc4)c(=O)c23)C1. The highest BCUT2D eigenvalue weighted by Crippen LogP contribution is 2.36. The van der Waals surface area contributed by atoms with Crippen molar-refractivity contribution in [1.29, 1.82) is 0 Å². The Balaban J connectivity index is 1.54. The number of anilines is 2. The van der Waals surface area contributed by atoms with Gasteiger partial charge in [-0.2, -0.15) is 15.0 Å². The second-order valence-corrected chi connectivity index (χ2v) is 10.4. The maximum atomic E-state index is 13.7. The Bertz CT molecular complexity index is 1350. The standard InChI is InChI=1S/C23H25N7OS2/c1-13-7-8-15-16(11-13)33-19-18(15)20(31)30(10-9-14-5-3-2-4-6-14)23(28-19)32-12-17-26-21(24)29-22(25)27-17/h2-6,13H,7-12H2,1H3,(H4,24,25,26,27,29). The van der Waals surface area contributed by atoms with Crippen molar-refractivity contribution in [2.24, 2.45) is 5.92 Å². The number of aryl methyl sites for hydroxylation is 2. The minimum absolute atomic E-state index is 0.0418. The summed E-state index contributed by atoms with van der Waals surface area (Å²) in [6.07, 6.45) is 3.82. The third-order valence-electron chi connectivity index (χ3n) is 5.89. The summed E-state index contributed by atoms with van der Waals surface area (Å²) in [5, 5.41) is 1.46. The Morgan fingerprint density at radius 1 is 1.12 bits per heavy atom. The fourth-order valence-corrected chi connectivity index (χ4v) is 6.55. The van der Waals surface area contributed by atoms with E-state index >= 15 is 0 Å². The van der Waals surface area contributed by atoms with E-state index < -0.39 is 0 Å². The first-order valence-corrected chi connectivity index (χ1v) is 12.8. The van der Waals surface area contributed by atoms with Gasteiger partial charge in [-0.3, -0.25) is 9.36 Å². The van der Waals surface area contributed by atoms with Crippen molar-refractivity contribution < 1.29 is 0 Å². The van der Waals surface area contributed by atoms with E-state index in [1.165, 1.54) is 27.8 Å². The second kappa shape index (κ2) is 9.11. The number of fused-ring (bicyclic) bond motifs is 3. The summed E-state index contributed by atoms with van der Waals surface area (Å²) < 4.78 is 1.80. The minimum Gasteiger partial charge on any atom is -0.368 e. The Kier molecular flexibility index (Phi) is 6.03. The van der Waals surface area contributed by atoms with Crippen molar-refractivity contribution in [2.75, 3.05) is 11.5 Å². The number of hydrogen-bond donors (Lipinski definition) is 2. The minimum atomic E-state index is 0.0418. The molecule has 1 unspecified atom stereocenters. The highest BCUT2D eigenvalue weighted by atomic mass is 32.2. The molecule has 3 heterocycles. The second-order valence-electron chi connectivity index (χ2n) is 8.38. The summed E-state index contributed by atoms with van der Waals surface area (Å²) in [6, 6.07) is 10.2. The van der Waals surface area contributed by atoms with E-state index in [9.17, 15) is 4.79 Å². The lowest BCUT2D eigenvalue weighted by Gasteiger charge is -2.17. The third-order valence-corrected chi connectivity index (χ3v) is 8.01. The molecule has 170 valence electrons. The van der Waals surface area contributed by atoms with Gasteiger partial charge in [-0.05, 0) is 42.7 Å². The number of thioether (sulfide) groups is 1. The Morgan fingerprint density at radius 2 is 1.88 bits per heavy atom. The van der Waals surface area contributed by atoms with Crippen LogP contribution in [0.1, 0.15) is 35.2 Å². The zero-order valence-electron chi connectivity index (χ0n) is 18.3. The molecule has 5 rings (SSSR count). The summed E-state index contributed by atoms with van der Waals surface area (Å²) in [5.74, 6) is 1.67. The highest BCUT2D eigenvalue weighted by Gasteiger charge is 2.25. The van der Waals surface area contributed by atoms with Crippen LogP contribution in [0.15, 0.2) is 40.3 Å². The van der Waals surface area contributed by atoms with Crippen molar-refractivity contribution in [3.05, 3.63) is 62.5 Å². The van der Waals surface area contributed by atoms with E-state index in [0.29, 0.717) is 29.2 Å². The average molecular weight is 480 g/mol. The van der Waals surface area contributed by atoms with Gasteiger partial charge in [0.1, 0.15) is 10.7 Å². The molecule has 4 N–H and O–H groups in total. The van der Waals surface area contributed by atoms with E-state index in [1.54, 1.807) is 15.9 Å². The van der Waals surface area contributed by atoms with Crippen molar-refractivity contribution in [1.82, 2.24) is 24.5 Å². The average Bonchev–Trinajstić information content (AvgIpc) is 3.14. The van der Waals surface area contributed by atoms with Crippen LogP contribution in [0.4, 0.5) is 11.9 Å². The number of hydrogen-bond acceptors (Lipinski definition) is 9. The fourth-order valence-electron chi connectivity index (χ4n) is 4.25. The summed E-state index contributed by atoms with van der Waals surface area (Å²) in [6.45, 7) is 2.82. The largest absolute Gasteiger partial charge is 0.368 e. The van der Waals surface area contributed by atoms with Gasteiger partial charge in [-0.25, -0.2) is 4.98 Å².